The number of allylic oxidation sites excluding steroid dienone is 5. The van der Waals surface area contributed by atoms with Gasteiger partial charge in [-0.25, -0.2) is 4.79 Å². The number of ether oxygens (including phenoxy) is 1. The second kappa shape index (κ2) is 10.3. The molecule has 1 heterocycles. The van der Waals surface area contributed by atoms with Crippen LogP contribution in [-0.2, 0) is 4.74 Å². The Morgan fingerprint density at radius 2 is 1.69 bits per heavy atom. The molecule has 1 aliphatic heterocycles. The highest BCUT2D eigenvalue weighted by atomic mass is 35.5. The zero-order chi connectivity index (χ0) is 25.4. The lowest BCUT2D eigenvalue weighted by molar-refractivity contribution is 0.0697. The van der Waals surface area contributed by atoms with Gasteiger partial charge in [-0.3, -0.25) is 4.90 Å². The number of hydrogen-bond acceptors (Lipinski definition) is 3. The van der Waals surface area contributed by atoms with Crippen LogP contribution in [-0.4, -0.2) is 35.7 Å². The Labute approximate surface area is 222 Å². The maximum Gasteiger partial charge on any atom is 0.335 e. The number of benzene rings is 2. The Morgan fingerprint density at radius 1 is 1.03 bits per heavy atom. The molecule has 0 bridgehead atoms. The quantitative estimate of drug-likeness (QED) is 0.429. The fourth-order valence-corrected chi connectivity index (χ4v) is 6.21. The van der Waals surface area contributed by atoms with Crippen LogP contribution in [0.25, 0.3) is 0 Å². The topological polar surface area (TPSA) is 49.8 Å². The van der Waals surface area contributed by atoms with E-state index in [1.165, 1.54) is 5.57 Å². The van der Waals surface area contributed by atoms with E-state index in [0.717, 1.165) is 29.9 Å². The molecule has 0 amide bonds. The number of halogens is 2. The number of likely N-dealkylation sites (tertiary alicyclic amines) is 1. The third-order valence-electron chi connectivity index (χ3n) is 7.63. The molecule has 1 saturated heterocycles. The molecule has 0 radical (unpaired) electrons. The van der Waals surface area contributed by atoms with E-state index in [9.17, 15) is 9.90 Å². The van der Waals surface area contributed by atoms with E-state index in [0.29, 0.717) is 27.4 Å². The number of carboxylic acid groups (broad SMARTS) is 1. The highest BCUT2D eigenvalue weighted by molar-refractivity contribution is 6.34. The molecule has 2 aliphatic carbocycles. The molecular formula is C30H29Cl2NO3. The summed E-state index contributed by atoms with van der Waals surface area (Å²) in [5, 5.41) is 10.6. The molecule has 0 aromatic heterocycles. The number of carboxylic acids is 1. The van der Waals surface area contributed by atoms with Crippen LogP contribution in [0.2, 0.25) is 10.0 Å². The van der Waals surface area contributed by atoms with Crippen LogP contribution in [0.3, 0.4) is 0 Å². The molecule has 186 valence electrons. The Balaban J connectivity index is 1.46. The lowest BCUT2D eigenvalue weighted by Gasteiger charge is -2.34. The Bertz CT molecular complexity index is 1260. The average molecular weight is 522 g/mol. The van der Waals surface area contributed by atoms with Crippen LogP contribution in [0.5, 0.6) is 0 Å². The van der Waals surface area contributed by atoms with Crippen molar-refractivity contribution < 1.29 is 14.6 Å². The van der Waals surface area contributed by atoms with Gasteiger partial charge in [-0.15, -0.1) is 0 Å². The summed E-state index contributed by atoms with van der Waals surface area (Å²) in [6, 6.07) is 13.3. The molecule has 0 spiro atoms. The van der Waals surface area contributed by atoms with Crippen molar-refractivity contribution in [1.82, 2.24) is 4.90 Å². The van der Waals surface area contributed by atoms with Gasteiger partial charge in [-0.05, 0) is 78.4 Å². The van der Waals surface area contributed by atoms with Gasteiger partial charge in [0.05, 0.1) is 12.7 Å². The minimum absolute atomic E-state index is 0.103. The van der Waals surface area contributed by atoms with Crippen LogP contribution in [0.4, 0.5) is 0 Å². The van der Waals surface area contributed by atoms with Gasteiger partial charge in [-0.1, -0.05) is 59.6 Å². The molecule has 0 saturated carbocycles. The maximum absolute atomic E-state index is 11.3. The SMILES string of the molecule is COC1=CC2C=CC([C@H]3C[C@@H](c4cc(Cl)cc(Cl)c4)CN3C(C)c3ccc(C(=O)O)cc3)=CC2C=C1. The number of carbonyl (C=O) groups is 1. The van der Waals surface area contributed by atoms with Crippen molar-refractivity contribution in [2.75, 3.05) is 13.7 Å². The van der Waals surface area contributed by atoms with Gasteiger partial charge >= 0.3 is 5.97 Å². The largest absolute Gasteiger partial charge is 0.497 e. The molecule has 3 aliphatic rings. The van der Waals surface area contributed by atoms with Gasteiger partial charge in [0.25, 0.3) is 0 Å². The van der Waals surface area contributed by atoms with Crippen LogP contribution >= 0.6 is 23.2 Å². The molecule has 1 N–H and O–H groups in total. The zero-order valence-corrected chi connectivity index (χ0v) is 21.8. The first-order valence-electron chi connectivity index (χ1n) is 12.2. The predicted octanol–water partition coefficient (Wildman–Crippen LogP) is 7.44. The summed E-state index contributed by atoms with van der Waals surface area (Å²) in [6.45, 7) is 3.05. The molecule has 5 atom stereocenters. The molecule has 4 nitrogen and oxygen atoms in total. The standard InChI is InChI=1S/C30H29Cl2NO3/c1-18(19-3-5-20(6-4-19)30(34)35)33-17-25(24-12-26(31)16-27(32)13-24)15-29(33)23-8-7-22-14-28(36-2)10-9-21(22)11-23/h3-14,16,18,21-22,25,29H,15,17H2,1-2H3,(H,34,35)/t18?,21?,22?,25-,29-/m1/s1. The van der Waals surface area contributed by atoms with Crippen LogP contribution in [0, 0.1) is 11.8 Å². The highest BCUT2D eigenvalue weighted by Crippen LogP contribution is 2.43. The summed E-state index contributed by atoms with van der Waals surface area (Å²) in [4.78, 5) is 13.9. The van der Waals surface area contributed by atoms with E-state index in [1.54, 1.807) is 25.3 Å². The van der Waals surface area contributed by atoms with E-state index in [-0.39, 0.29) is 18.0 Å². The lowest BCUT2D eigenvalue weighted by atomic mass is 9.80. The van der Waals surface area contributed by atoms with Crippen LogP contribution in [0.1, 0.15) is 46.8 Å². The van der Waals surface area contributed by atoms with Crippen molar-refractivity contribution in [3.63, 3.8) is 0 Å². The van der Waals surface area contributed by atoms with Crippen molar-refractivity contribution >= 4 is 29.2 Å². The maximum atomic E-state index is 11.3. The minimum Gasteiger partial charge on any atom is -0.497 e. The van der Waals surface area contributed by atoms with E-state index >= 15 is 0 Å². The second-order valence-electron chi connectivity index (χ2n) is 9.76. The first-order valence-corrected chi connectivity index (χ1v) is 13.0. The monoisotopic (exact) mass is 521 g/mol. The first kappa shape index (κ1) is 24.9. The summed E-state index contributed by atoms with van der Waals surface area (Å²) in [5.41, 5.74) is 3.85. The third-order valence-corrected chi connectivity index (χ3v) is 8.07. The Kier molecular flexibility index (Phi) is 7.11. The summed E-state index contributed by atoms with van der Waals surface area (Å²) >= 11 is 12.7. The minimum atomic E-state index is -0.913. The normalized spacial score (nSPS) is 26.2. The first-order chi connectivity index (χ1) is 17.3. The van der Waals surface area contributed by atoms with Crippen molar-refractivity contribution in [2.24, 2.45) is 11.8 Å². The number of fused-ring (bicyclic) bond motifs is 1. The number of rotatable bonds is 6. The Morgan fingerprint density at radius 3 is 2.36 bits per heavy atom. The van der Waals surface area contributed by atoms with Crippen molar-refractivity contribution in [3.8, 4) is 0 Å². The van der Waals surface area contributed by atoms with E-state index in [2.05, 4.69) is 42.2 Å². The van der Waals surface area contributed by atoms with Crippen molar-refractivity contribution in [2.45, 2.75) is 31.3 Å². The molecule has 3 unspecified atom stereocenters. The van der Waals surface area contributed by atoms with E-state index in [1.807, 2.05) is 30.3 Å². The number of aromatic carboxylic acids is 1. The molecule has 36 heavy (non-hydrogen) atoms. The highest BCUT2D eigenvalue weighted by Gasteiger charge is 2.38. The molecule has 1 fully saturated rings. The summed E-state index contributed by atoms with van der Waals surface area (Å²) in [5.74, 6) is 0.865. The Hall–Kier alpha value is -2.79. The molecule has 2 aromatic rings. The molecule has 5 rings (SSSR count). The average Bonchev–Trinajstić information content (AvgIpc) is 3.33. The van der Waals surface area contributed by atoms with Gasteiger partial charge in [0.1, 0.15) is 5.76 Å². The van der Waals surface area contributed by atoms with Crippen molar-refractivity contribution in [3.05, 3.63) is 117 Å². The van der Waals surface area contributed by atoms with Crippen LogP contribution < -0.4 is 0 Å². The summed E-state index contributed by atoms with van der Waals surface area (Å²) in [7, 11) is 1.70. The number of nitrogens with zero attached hydrogens (tertiary/aromatic N) is 1. The summed E-state index contributed by atoms with van der Waals surface area (Å²) in [6.07, 6.45) is 14.3. The predicted molar refractivity (Wildman–Crippen MR) is 145 cm³/mol. The molecule has 6 heteroatoms. The fourth-order valence-electron chi connectivity index (χ4n) is 5.66. The van der Waals surface area contributed by atoms with Crippen LogP contribution in [0.15, 0.2) is 90.3 Å². The molecule has 2 aromatic carbocycles. The zero-order valence-electron chi connectivity index (χ0n) is 20.3. The van der Waals surface area contributed by atoms with Gasteiger partial charge in [-0.2, -0.15) is 0 Å². The lowest BCUT2D eigenvalue weighted by Crippen LogP contribution is -2.34. The second-order valence-corrected chi connectivity index (χ2v) is 10.6. The number of hydrogen-bond donors (Lipinski definition) is 1. The van der Waals surface area contributed by atoms with E-state index in [4.69, 9.17) is 27.9 Å². The van der Waals surface area contributed by atoms with Gasteiger partial charge in [0, 0.05) is 40.5 Å². The van der Waals surface area contributed by atoms with Gasteiger partial charge in [0.2, 0.25) is 0 Å². The smallest absolute Gasteiger partial charge is 0.335 e. The van der Waals surface area contributed by atoms with Crippen molar-refractivity contribution in [1.29, 1.82) is 0 Å². The number of methoxy groups -OCH3 is 1. The van der Waals surface area contributed by atoms with Gasteiger partial charge < -0.3 is 9.84 Å². The summed E-state index contributed by atoms with van der Waals surface area (Å²) < 4.78 is 5.42. The fraction of sp³-hybridized carbons (Fsp3) is 0.300. The molecular weight excluding hydrogens is 493 g/mol. The van der Waals surface area contributed by atoms with Gasteiger partial charge in [0.15, 0.2) is 0 Å². The van der Waals surface area contributed by atoms with E-state index < -0.39 is 5.97 Å². The third kappa shape index (κ3) is 5.04.